The highest BCUT2D eigenvalue weighted by molar-refractivity contribution is 6.18. The lowest BCUT2D eigenvalue weighted by atomic mass is 10.2. The molecule has 1 saturated heterocycles. The Labute approximate surface area is 178 Å². The maximum absolute atomic E-state index is 13.5. The van der Waals surface area contributed by atoms with Crippen LogP contribution in [-0.4, -0.2) is 37.6 Å². The van der Waals surface area contributed by atoms with Crippen molar-refractivity contribution in [2.24, 2.45) is 0 Å². The zero-order valence-electron chi connectivity index (χ0n) is 16.0. The number of alkyl halides is 1. The van der Waals surface area contributed by atoms with Crippen LogP contribution in [0.2, 0.25) is 0 Å². The molecule has 2 aromatic rings. The van der Waals surface area contributed by atoms with Gasteiger partial charge in [-0.15, -0.1) is 16.5 Å². The molecule has 1 aliphatic heterocycles. The van der Waals surface area contributed by atoms with E-state index in [0.717, 1.165) is 11.1 Å². The molecule has 0 bridgehead atoms. The van der Waals surface area contributed by atoms with Gasteiger partial charge in [0.25, 0.3) is 0 Å². The summed E-state index contributed by atoms with van der Waals surface area (Å²) in [5.74, 6) is -4.97. The van der Waals surface area contributed by atoms with Gasteiger partial charge in [-0.1, -0.05) is 60.7 Å². The van der Waals surface area contributed by atoms with Gasteiger partial charge in [-0.3, -0.25) is 0 Å². The second-order valence-corrected chi connectivity index (χ2v) is 6.44. The van der Waals surface area contributed by atoms with E-state index in [-0.39, 0.29) is 26.4 Å². The maximum atomic E-state index is 13.5. The Kier molecular flexibility index (Phi) is 8.94. The van der Waals surface area contributed by atoms with Crippen molar-refractivity contribution in [2.45, 2.75) is 25.0 Å². The topological polar surface area (TPSA) is 73.8 Å². The Hall–Kier alpha value is -1.66. The van der Waals surface area contributed by atoms with Gasteiger partial charge in [0.05, 0.1) is 25.7 Å². The summed E-state index contributed by atoms with van der Waals surface area (Å²) in [6, 6.07) is 18.5. The van der Waals surface area contributed by atoms with Gasteiger partial charge in [0, 0.05) is 0 Å². The van der Waals surface area contributed by atoms with Gasteiger partial charge in [0.15, 0.2) is 0 Å². The van der Waals surface area contributed by atoms with E-state index in [9.17, 15) is 4.53 Å². The minimum absolute atomic E-state index is 0.00708. The van der Waals surface area contributed by atoms with E-state index in [2.05, 4.69) is 4.94 Å². The lowest BCUT2D eigenvalue weighted by molar-refractivity contribution is -0.615. The Bertz CT molecular complexity index is 734. The Morgan fingerprint density at radius 3 is 2.10 bits per heavy atom. The molecule has 30 heavy (non-hydrogen) atoms. The molecule has 0 aromatic heterocycles. The largest absolute Gasteiger partial charge is 0.372 e. The highest BCUT2D eigenvalue weighted by atomic mass is 35.5. The number of rotatable bonds is 12. The molecule has 8 nitrogen and oxygen atoms in total. The summed E-state index contributed by atoms with van der Waals surface area (Å²) in [5, 5.41) is 0. The molecule has 2 aromatic carbocycles. The first-order valence-corrected chi connectivity index (χ1v) is 9.67. The van der Waals surface area contributed by atoms with Crippen molar-refractivity contribution in [3.05, 3.63) is 71.8 Å². The fourth-order valence-corrected chi connectivity index (χ4v) is 2.93. The molecule has 0 aliphatic carbocycles. The average Bonchev–Trinajstić information content (AvgIpc) is 2.82. The highest BCUT2D eigenvalue weighted by Crippen LogP contribution is 2.39. The van der Waals surface area contributed by atoms with Crippen LogP contribution in [0.15, 0.2) is 60.7 Å². The van der Waals surface area contributed by atoms with Gasteiger partial charge in [-0.25, -0.2) is 9.78 Å². The van der Waals surface area contributed by atoms with E-state index in [1.807, 2.05) is 48.5 Å². The average molecular weight is 445 g/mol. The number of ether oxygens (including phenoxy) is 3. The van der Waals surface area contributed by atoms with Crippen LogP contribution in [0.3, 0.4) is 0 Å². The predicted molar refractivity (Wildman–Crippen MR) is 101 cm³/mol. The minimum atomic E-state index is -2.25. The van der Waals surface area contributed by atoms with Crippen molar-refractivity contribution in [3.63, 3.8) is 0 Å². The van der Waals surface area contributed by atoms with Crippen LogP contribution in [0.1, 0.15) is 11.1 Å². The van der Waals surface area contributed by atoms with Gasteiger partial charge in [-0.2, -0.15) is 9.78 Å². The van der Waals surface area contributed by atoms with Crippen LogP contribution in [0.25, 0.3) is 0 Å². The van der Waals surface area contributed by atoms with Crippen LogP contribution in [0.4, 0.5) is 4.53 Å². The molecule has 0 amide bonds. The molecule has 0 saturated carbocycles. The summed E-state index contributed by atoms with van der Waals surface area (Å²) in [4.78, 5) is 24.1. The molecule has 2 unspecified atom stereocenters. The first-order chi connectivity index (χ1) is 14.7. The lowest BCUT2D eigenvalue weighted by Gasteiger charge is -2.45. The van der Waals surface area contributed by atoms with Crippen molar-refractivity contribution in [3.8, 4) is 0 Å². The van der Waals surface area contributed by atoms with Crippen molar-refractivity contribution < 1.29 is 43.2 Å². The van der Waals surface area contributed by atoms with Crippen LogP contribution in [0.5, 0.6) is 0 Å². The number of benzene rings is 2. The van der Waals surface area contributed by atoms with Crippen LogP contribution < -0.4 is 0 Å². The first kappa shape index (κ1) is 23.0. The van der Waals surface area contributed by atoms with Crippen molar-refractivity contribution >= 4 is 11.6 Å². The number of halogens is 2. The van der Waals surface area contributed by atoms with E-state index in [1.54, 1.807) is 12.1 Å². The normalized spacial score (nSPS) is 24.1. The summed E-state index contributed by atoms with van der Waals surface area (Å²) in [6.45, 7) is -0.282. The molecule has 2 atom stereocenters. The third-order valence-electron chi connectivity index (χ3n) is 4.17. The molecular formula is C20H22ClFO8. The first-order valence-electron chi connectivity index (χ1n) is 9.14. The summed E-state index contributed by atoms with van der Waals surface area (Å²) in [6.07, 6.45) is 0. The Balaban J connectivity index is 1.57. The van der Waals surface area contributed by atoms with E-state index in [0.29, 0.717) is 0 Å². The third-order valence-corrected chi connectivity index (χ3v) is 4.52. The maximum Gasteiger partial charge on any atom is 0.372 e. The Morgan fingerprint density at radius 2 is 1.47 bits per heavy atom. The SMILES string of the molecule is FOC1(CCl)OCCOC1(OCc1ccccc1)OOCOOCc1ccccc1. The molecule has 1 heterocycles. The number of hydrogen-bond donors (Lipinski definition) is 0. The predicted octanol–water partition coefficient (Wildman–Crippen LogP) is 3.79. The zero-order chi connectivity index (χ0) is 21.1. The van der Waals surface area contributed by atoms with Gasteiger partial charge in [0.2, 0.25) is 6.79 Å². The van der Waals surface area contributed by atoms with E-state index in [1.165, 1.54) is 0 Å². The zero-order valence-corrected chi connectivity index (χ0v) is 16.8. The monoisotopic (exact) mass is 444 g/mol. The molecule has 164 valence electrons. The molecule has 1 aliphatic rings. The van der Waals surface area contributed by atoms with Crippen LogP contribution >= 0.6 is 11.6 Å². The molecule has 3 rings (SSSR count). The molecule has 0 N–H and O–H groups in total. The molecule has 0 radical (unpaired) electrons. The standard InChI is InChI=1S/C20H22ClFO8/c21-15-19(29-22)20(24-12-11-23-19,25-13-17-7-3-1-4-8-17)30-28-16-27-26-14-18-9-5-2-6-10-18/h1-10H,11-16H2. The molecule has 0 spiro atoms. The van der Waals surface area contributed by atoms with E-state index in [4.69, 9.17) is 45.4 Å². The smallest absolute Gasteiger partial charge is 0.338 e. The second kappa shape index (κ2) is 11.7. The van der Waals surface area contributed by atoms with E-state index >= 15 is 0 Å². The van der Waals surface area contributed by atoms with E-state index < -0.39 is 24.4 Å². The fourth-order valence-electron chi connectivity index (χ4n) is 2.65. The van der Waals surface area contributed by atoms with Crippen molar-refractivity contribution in [1.82, 2.24) is 0 Å². The number of hydrogen-bond acceptors (Lipinski definition) is 8. The summed E-state index contributed by atoms with van der Waals surface area (Å²) < 4.78 is 30.1. The van der Waals surface area contributed by atoms with Crippen LogP contribution in [0, 0.1) is 0 Å². The second-order valence-electron chi connectivity index (χ2n) is 6.18. The minimum Gasteiger partial charge on any atom is -0.338 e. The summed E-state index contributed by atoms with van der Waals surface area (Å²) in [7, 11) is 0. The lowest BCUT2D eigenvalue weighted by Crippen LogP contribution is -2.66. The van der Waals surface area contributed by atoms with Crippen molar-refractivity contribution in [1.29, 1.82) is 0 Å². The summed E-state index contributed by atoms with van der Waals surface area (Å²) in [5.41, 5.74) is 1.66. The molecule has 1 fully saturated rings. The van der Waals surface area contributed by atoms with Gasteiger partial charge < -0.3 is 14.2 Å². The van der Waals surface area contributed by atoms with Crippen LogP contribution in [-0.2, 0) is 51.9 Å². The third kappa shape index (κ3) is 5.73. The quantitative estimate of drug-likeness (QED) is 0.161. The molecule has 10 heteroatoms. The van der Waals surface area contributed by atoms with Crippen molar-refractivity contribution in [2.75, 3.05) is 25.9 Å². The van der Waals surface area contributed by atoms with Gasteiger partial charge in [-0.05, 0) is 15.7 Å². The van der Waals surface area contributed by atoms with Gasteiger partial charge in [0.1, 0.15) is 6.61 Å². The molecular weight excluding hydrogens is 423 g/mol. The fraction of sp³-hybridized carbons (Fsp3) is 0.400. The Morgan fingerprint density at radius 1 is 0.833 bits per heavy atom. The van der Waals surface area contributed by atoms with Gasteiger partial charge >= 0.3 is 11.8 Å². The highest BCUT2D eigenvalue weighted by Gasteiger charge is 2.63. The summed E-state index contributed by atoms with van der Waals surface area (Å²) >= 11 is 5.89.